The number of rotatable bonds is 0. The van der Waals surface area contributed by atoms with E-state index in [1.165, 1.54) is 6.08 Å². The Morgan fingerprint density at radius 3 is 2.88 bits per heavy atom. The monoisotopic (exact) mass is 112 g/mol. The van der Waals surface area contributed by atoms with E-state index in [2.05, 4.69) is 0 Å². The minimum atomic E-state index is 0.000000000000000222. The van der Waals surface area contributed by atoms with Crippen LogP contribution in [-0.4, -0.2) is 0 Å². The van der Waals surface area contributed by atoms with Crippen molar-refractivity contribution < 1.29 is 4.39 Å². The van der Waals surface area contributed by atoms with Crippen molar-refractivity contribution in [3.63, 3.8) is 0 Å². The van der Waals surface area contributed by atoms with Gasteiger partial charge in [0.2, 0.25) is 0 Å². The first-order chi connectivity index (χ1) is 3.79. The molecule has 8 heavy (non-hydrogen) atoms. The lowest BCUT2D eigenvalue weighted by molar-refractivity contribution is 0.535. The van der Waals surface area contributed by atoms with Crippen LogP contribution >= 0.6 is 0 Å². The molecule has 1 aliphatic carbocycles. The number of allylic oxidation sites excluding steroid dienone is 4. The molecule has 44 valence electrons. The predicted octanol–water partition coefficient (Wildman–Crippen LogP) is 2.44. The number of halogens is 1. The van der Waals surface area contributed by atoms with Crippen molar-refractivity contribution in [1.82, 2.24) is 0 Å². The van der Waals surface area contributed by atoms with Gasteiger partial charge in [-0.15, -0.1) is 0 Å². The van der Waals surface area contributed by atoms with Crippen molar-refractivity contribution in [2.24, 2.45) is 5.92 Å². The summed E-state index contributed by atoms with van der Waals surface area (Å²) in [4.78, 5) is 0. The molecule has 0 aromatic rings. The van der Waals surface area contributed by atoms with Gasteiger partial charge in [-0.05, 0) is 12.0 Å². The van der Waals surface area contributed by atoms with Crippen LogP contribution in [0.4, 0.5) is 4.39 Å². The first kappa shape index (κ1) is 5.54. The summed E-state index contributed by atoms with van der Waals surface area (Å²) >= 11 is 0. The van der Waals surface area contributed by atoms with Gasteiger partial charge in [0.05, 0.1) is 0 Å². The highest BCUT2D eigenvalue weighted by Crippen LogP contribution is 2.17. The fraction of sp³-hybridized carbons (Fsp3) is 0.429. The van der Waals surface area contributed by atoms with Crippen LogP contribution in [0.2, 0.25) is 0 Å². The topological polar surface area (TPSA) is 0 Å². The van der Waals surface area contributed by atoms with Crippen LogP contribution in [0.1, 0.15) is 13.3 Å². The Bertz CT molecular complexity index is 133. The Morgan fingerprint density at radius 2 is 2.50 bits per heavy atom. The zero-order chi connectivity index (χ0) is 5.98. The third-order valence-corrected chi connectivity index (χ3v) is 1.23. The molecule has 0 aromatic carbocycles. The highest BCUT2D eigenvalue weighted by Gasteiger charge is 2.03. The first-order valence-corrected chi connectivity index (χ1v) is 2.82. The van der Waals surface area contributed by atoms with Gasteiger partial charge in [-0.2, -0.15) is 0 Å². The van der Waals surface area contributed by atoms with Crippen molar-refractivity contribution in [3.05, 3.63) is 24.1 Å². The van der Waals surface area contributed by atoms with Crippen LogP contribution in [0, 0.1) is 5.92 Å². The lowest BCUT2D eigenvalue weighted by Gasteiger charge is -2.05. The van der Waals surface area contributed by atoms with Crippen molar-refractivity contribution >= 4 is 0 Å². The molecule has 0 nitrogen and oxygen atoms in total. The molecule has 0 saturated carbocycles. The molecule has 0 aliphatic heterocycles. The van der Waals surface area contributed by atoms with Crippen LogP contribution in [0.25, 0.3) is 0 Å². The Kier molecular flexibility index (Phi) is 1.47. The summed E-state index contributed by atoms with van der Waals surface area (Å²) in [5.74, 6) is 0.389. The van der Waals surface area contributed by atoms with Crippen LogP contribution in [0.15, 0.2) is 24.1 Å². The zero-order valence-corrected chi connectivity index (χ0v) is 4.89. The minimum absolute atomic E-state index is 0.000000000000000222. The molecule has 1 atom stereocenters. The molecule has 1 aliphatic rings. The van der Waals surface area contributed by atoms with Gasteiger partial charge in [0.25, 0.3) is 0 Å². The van der Waals surface area contributed by atoms with E-state index in [1.807, 2.05) is 13.0 Å². The SMILES string of the molecule is CC1C=CC=C(F)C1. The molecule has 0 amide bonds. The summed E-state index contributed by atoms with van der Waals surface area (Å²) in [5, 5.41) is 0. The summed E-state index contributed by atoms with van der Waals surface area (Å²) < 4.78 is 12.2. The highest BCUT2D eigenvalue weighted by molar-refractivity contribution is 5.14. The summed E-state index contributed by atoms with van der Waals surface area (Å²) in [5.41, 5.74) is 0. The molecule has 0 heterocycles. The lowest BCUT2D eigenvalue weighted by atomic mass is 10.0. The summed E-state index contributed by atoms with van der Waals surface area (Å²) in [6.07, 6.45) is 5.86. The molecule has 0 fully saturated rings. The molecule has 1 unspecified atom stereocenters. The average molecular weight is 112 g/mol. The Hall–Kier alpha value is -0.590. The Morgan fingerprint density at radius 1 is 1.75 bits per heavy atom. The van der Waals surface area contributed by atoms with E-state index >= 15 is 0 Å². The summed E-state index contributed by atoms with van der Waals surface area (Å²) in [6.45, 7) is 2.00. The van der Waals surface area contributed by atoms with E-state index < -0.39 is 0 Å². The van der Waals surface area contributed by atoms with Gasteiger partial charge in [0.15, 0.2) is 0 Å². The second-order valence-corrected chi connectivity index (χ2v) is 2.18. The van der Waals surface area contributed by atoms with E-state index in [-0.39, 0.29) is 5.83 Å². The third-order valence-electron chi connectivity index (χ3n) is 1.23. The van der Waals surface area contributed by atoms with Gasteiger partial charge in [-0.25, -0.2) is 4.39 Å². The van der Waals surface area contributed by atoms with Crippen molar-refractivity contribution in [2.75, 3.05) is 0 Å². The maximum absolute atomic E-state index is 12.2. The lowest BCUT2D eigenvalue weighted by Crippen LogP contribution is -1.92. The molecule has 1 rings (SSSR count). The van der Waals surface area contributed by atoms with Gasteiger partial charge in [-0.3, -0.25) is 0 Å². The van der Waals surface area contributed by atoms with Crippen molar-refractivity contribution in [1.29, 1.82) is 0 Å². The van der Waals surface area contributed by atoms with E-state index in [9.17, 15) is 4.39 Å². The standard InChI is InChI=1S/C7H9F/c1-6-3-2-4-7(8)5-6/h2-4,6H,5H2,1H3. The third kappa shape index (κ3) is 1.19. The second-order valence-electron chi connectivity index (χ2n) is 2.18. The fourth-order valence-corrected chi connectivity index (χ4v) is 0.793. The van der Waals surface area contributed by atoms with Crippen molar-refractivity contribution in [2.45, 2.75) is 13.3 Å². The number of hydrogen-bond donors (Lipinski definition) is 0. The molecule has 0 N–H and O–H groups in total. The first-order valence-electron chi connectivity index (χ1n) is 2.82. The Labute approximate surface area is 48.7 Å². The molecule has 0 aromatic heterocycles. The van der Waals surface area contributed by atoms with Gasteiger partial charge >= 0.3 is 0 Å². The maximum atomic E-state index is 12.2. The average Bonchev–Trinajstić information content (AvgIpc) is 1.64. The fourth-order valence-electron chi connectivity index (χ4n) is 0.793. The molecule has 0 saturated heterocycles. The smallest absolute Gasteiger partial charge is 0.100 e. The summed E-state index contributed by atoms with van der Waals surface area (Å²) in [7, 11) is 0. The highest BCUT2D eigenvalue weighted by atomic mass is 19.1. The van der Waals surface area contributed by atoms with Crippen LogP contribution in [0.5, 0.6) is 0 Å². The largest absolute Gasteiger partial charge is 0.212 e. The van der Waals surface area contributed by atoms with E-state index in [1.54, 1.807) is 6.08 Å². The molecule has 1 heteroatoms. The van der Waals surface area contributed by atoms with Crippen LogP contribution < -0.4 is 0 Å². The molecule has 0 spiro atoms. The van der Waals surface area contributed by atoms with Crippen LogP contribution in [-0.2, 0) is 0 Å². The number of hydrogen-bond acceptors (Lipinski definition) is 0. The van der Waals surface area contributed by atoms with E-state index in [0.29, 0.717) is 12.3 Å². The quantitative estimate of drug-likeness (QED) is 0.451. The molecular weight excluding hydrogens is 103 g/mol. The Balaban J connectivity index is 2.59. The second kappa shape index (κ2) is 2.12. The van der Waals surface area contributed by atoms with Gasteiger partial charge < -0.3 is 0 Å². The molecular formula is C7H9F. The zero-order valence-electron chi connectivity index (χ0n) is 4.89. The van der Waals surface area contributed by atoms with E-state index in [4.69, 9.17) is 0 Å². The maximum Gasteiger partial charge on any atom is 0.100 e. The molecule has 0 bridgehead atoms. The molecule has 0 radical (unpaired) electrons. The summed E-state index contributed by atoms with van der Waals surface area (Å²) in [6, 6.07) is 0. The van der Waals surface area contributed by atoms with Crippen molar-refractivity contribution in [3.8, 4) is 0 Å². The van der Waals surface area contributed by atoms with Gasteiger partial charge in [0, 0.05) is 6.42 Å². The van der Waals surface area contributed by atoms with Gasteiger partial charge in [0.1, 0.15) is 5.83 Å². The van der Waals surface area contributed by atoms with Crippen LogP contribution in [0.3, 0.4) is 0 Å². The van der Waals surface area contributed by atoms with E-state index in [0.717, 1.165) is 0 Å². The normalized spacial score (nSPS) is 27.8. The predicted molar refractivity (Wildman–Crippen MR) is 32.1 cm³/mol. The minimum Gasteiger partial charge on any atom is -0.212 e. The van der Waals surface area contributed by atoms with Gasteiger partial charge in [-0.1, -0.05) is 19.1 Å².